The van der Waals surface area contributed by atoms with Crippen molar-refractivity contribution in [2.24, 2.45) is 5.14 Å². The number of Topliss-reactive ketones (excluding diaryl/α,β-unsaturated/α-hetero) is 1. The number of halogens is 3. The molecule has 3 rings (SSSR count). The summed E-state index contributed by atoms with van der Waals surface area (Å²) >= 11 is 0. The lowest BCUT2D eigenvalue weighted by Gasteiger charge is -2.14. The molecule has 0 heterocycles. The van der Waals surface area contributed by atoms with Crippen LogP contribution >= 0.6 is 0 Å². The van der Waals surface area contributed by atoms with Crippen molar-refractivity contribution in [3.63, 3.8) is 0 Å². The number of carbonyl (C=O) groups is 1. The van der Waals surface area contributed by atoms with Crippen molar-refractivity contribution in [1.82, 2.24) is 0 Å². The average Bonchev–Trinajstić information content (AvgIpc) is 2.66. The highest BCUT2D eigenvalue weighted by Gasteiger charge is 2.33. The van der Waals surface area contributed by atoms with Crippen LogP contribution in [0.4, 0.5) is 13.2 Å². The zero-order chi connectivity index (χ0) is 23.0. The molecule has 0 saturated heterocycles. The lowest BCUT2D eigenvalue weighted by atomic mass is 9.93. The SMILES string of the molecule is Cc1cc(-c2ccccc2C(F)(F)F)ccc1C(=O)Cc1ccc(S(N)(=O)=O)c(C)c1. The Hall–Kier alpha value is -2.97. The minimum Gasteiger partial charge on any atom is -0.294 e. The standard InChI is InChI=1S/C23H20F3NO3S/c1-14-12-17(19-5-3-4-6-20(19)23(24,25)26)8-9-18(14)21(28)13-16-7-10-22(15(2)11-16)31(27,29)30/h3-12H,13H2,1-2H3,(H2,27,29,30). The first-order valence-electron chi connectivity index (χ1n) is 9.30. The molecule has 0 aliphatic carbocycles. The molecule has 0 spiro atoms. The van der Waals surface area contributed by atoms with Crippen molar-refractivity contribution in [3.8, 4) is 11.1 Å². The van der Waals surface area contributed by atoms with Crippen LogP contribution in [0.25, 0.3) is 11.1 Å². The lowest BCUT2D eigenvalue weighted by Crippen LogP contribution is -2.14. The van der Waals surface area contributed by atoms with Crippen molar-refractivity contribution in [1.29, 1.82) is 0 Å². The maximum absolute atomic E-state index is 13.3. The summed E-state index contributed by atoms with van der Waals surface area (Å²) in [7, 11) is -3.85. The van der Waals surface area contributed by atoms with Gasteiger partial charge in [-0.2, -0.15) is 13.2 Å². The Kier molecular flexibility index (Phi) is 6.07. The molecule has 0 atom stereocenters. The van der Waals surface area contributed by atoms with E-state index in [1.165, 1.54) is 42.5 Å². The van der Waals surface area contributed by atoms with E-state index in [0.29, 0.717) is 27.8 Å². The molecule has 0 amide bonds. The lowest BCUT2D eigenvalue weighted by molar-refractivity contribution is -0.137. The molecule has 0 radical (unpaired) electrons. The largest absolute Gasteiger partial charge is 0.417 e. The molecule has 3 aromatic rings. The van der Waals surface area contributed by atoms with E-state index in [4.69, 9.17) is 5.14 Å². The van der Waals surface area contributed by atoms with Crippen LogP contribution in [0.15, 0.2) is 65.6 Å². The maximum atomic E-state index is 13.3. The van der Waals surface area contributed by atoms with Gasteiger partial charge in [0.05, 0.1) is 10.5 Å². The van der Waals surface area contributed by atoms with Gasteiger partial charge in [0, 0.05) is 12.0 Å². The smallest absolute Gasteiger partial charge is 0.294 e. The fraction of sp³-hybridized carbons (Fsp3) is 0.174. The van der Waals surface area contributed by atoms with Crippen molar-refractivity contribution in [2.45, 2.75) is 31.3 Å². The fourth-order valence-corrected chi connectivity index (χ4v) is 4.31. The monoisotopic (exact) mass is 447 g/mol. The van der Waals surface area contributed by atoms with Crippen molar-refractivity contribution in [3.05, 3.63) is 88.5 Å². The third-order valence-electron chi connectivity index (χ3n) is 4.98. The number of hydrogen-bond acceptors (Lipinski definition) is 3. The van der Waals surface area contributed by atoms with E-state index in [-0.39, 0.29) is 22.7 Å². The second-order valence-electron chi connectivity index (χ2n) is 7.32. The van der Waals surface area contributed by atoms with Crippen LogP contribution in [0.3, 0.4) is 0 Å². The van der Waals surface area contributed by atoms with Gasteiger partial charge in [0.2, 0.25) is 10.0 Å². The van der Waals surface area contributed by atoms with Gasteiger partial charge in [-0.05, 0) is 53.8 Å². The molecule has 8 heteroatoms. The molecule has 31 heavy (non-hydrogen) atoms. The number of benzene rings is 3. The van der Waals surface area contributed by atoms with Gasteiger partial charge in [-0.25, -0.2) is 13.6 Å². The Morgan fingerprint density at radius 1 is 0.935 bits per heavy atom. The minimum absolute atomic E-state index is 0.00689. The summed E-state index contributed by atoms with van der Waals surface area (Å²) in [6, 6.07) is 14.3. The van der Waals surface area contributed by atoms with Gasteiger partial charge in [0.1, 0.15) is 0 Å². The topological polar surface area (TPSA) is 77.2 Å². The molecule has 0 bridgehead atoms. The number of sulfonamides is 1. The van der Waals surface area contributed by atoms with Crippen LogP contribution in [0.5, 0.6) is 0 Å². The molecule has 0 unspecified atom stereocenters. The van der Waals surface area contributed by atoms with E-state index >= 15 is 0 Å². The summed E-state index contributed by atoms with van der Waals surface area (Å²) < 4.78 is 63.0. The zero-order valence-corrected chi connectivity index (χ0v) is 17.6. The predicted molar refractivity (Wildman–Crippen MR) is 112 cm³/mol. The molecule has 0 saturated carbocycles. The van der Waals surface area contributed by atoms with Gasteiger partial charge in [0.25, 0.3) is 0 Å². The molecule has 2 N–H and O–H groups in total. The van der Waals surface area contributed by atoms with Gasteiger partial charge >= 0.3 is 6.18 Å². The number of ketones is 1. The van der Waals surface area contributed by atoms with E-state index in [1.807, 2.05) is 0 Å². The Morgan fingerprint density at radius 2 is 1.61 bits per heavy atom. The van der Waals surface area contributed by atoms with Crippen molar-refractivity contribution >= 4 is 15.8 Å². The number of rotatable bonds is 5. The summed E-state index contributed by atoms with van der Waals surface area (Å²) in [6.45, 7) is 3.26. The third-order valence-corrected chi connectivity index (χ3v) is 6.05. The predicted octanol–water partition coefficient (Wildman–Crippen LogP) is 5.06. The molecule has 162 valence electrons. The number of hydrogen-bond donors (Lipinski definition) is 1. The summed E-state index contributed by atoms with van der Waals surface area (Å²) in [6.07, 6.45) is -4.47. The Balaban J connectivity index is 1.89. The van der Waals surface area contributed by atoms with Gasteiger partial charge < -0.3 is 0 Å². The Morgan fingerprint density at radius 3 is 2.19 bits per heavy atom. The van der Waals surface area contributed by atoms with E-state index < -0.39 is 21.8 Å². The number of aryl methyl sites for hydroxylation is 2. The second kappa shape index (κ2) is 8.28. The van der Waals surface area contributed by atoms with E-state index in [0.717, 1.165) is 6.07 Å². The van der Waals surface area contributed by atoms with Gasteiger partial charge in [0.15, 0.2) is 5.78 Å². The van der Waals surface area contributed by atoms with Crippen LogP contribution in [0.2, 0.25) is 0 Å². The van der Waals surface area contributed by atoms with E-state index in [9.17, 15) is 26.4 Å². The van der Waals surface area contributed by atoms with E-state index in [1.54, 1.807) is 26.0 Å². The quantitative estimate of drug-likeness (QED) is 0.555. The highest BCUT2D eigenvalue weighted by molar-refractivity contribution is 7.89. The summed E-state index contributed by atoms with van der Waals surface area (Å²) in [4.78, 5) is 12.8. The highest BCUT2D eigenvalue weighted by Crippen LogP contribution is 2.37. The van der Waals surface area contributed by atoms with Gasteiger partial charge in [-0.15, -0.1) is 0 Å². The molecule has 0 aromatic heterocycles. The molecule has 0 fully saturated rings. The molecule has 4 nitrogen and oxygen atoms in total. The molecule has 0 aliphatic heterocycles. The first-order valence-corrected chi connectivity index (χ1v) is 10.9. The van der Waals surface area contributed by atoms with Crippen LogP contribution in [-0.4, -0.2) is 14.2 Å². The summed E-state index contributed by atoms with van der Waals surface area (Å²) in [5.41, 5.74) is 1.67. The fourth-order valence-electron chi connectivity index (χ4n) is 3.55. The second-order valence-corrected chi connectivity index (χ2v) is 8.85. The normalized spacial score (nSPS) is 12.1. The molecule has 3 aromatic carbocycles. The average molecular weight is 447 g/mol. The first kappa shape index (κ1) is 22.7. The molecular weight excluding hydrogens is 427 g/mol. The van der Waals surface area contributed by atoms with E-state index in [2.05, 4.69) is 0 Å². The Labute approximate surface area is 178 Å². The highest BCUT2D eigenvalue weighted by atomic mass is 32.2. The van der Waals surface area contributed by atoms with Gasteiger partial charge in [-0.1, -0.05) is 48.5 Å². The van der Waals surface area contributed by atoms with Crippen LogP contribution in [0, 0.1) is 13.8 Å². The van der Waals surface area contributed by atoms with Gasteiger partial charge in [-0.3, -0.25) is 4.79 Å². The number of carbonyl (C=O) groups excluding carboxylic acids is 1. The van der Waals surface area contributed by atoms with Crippen LogP contribution < -0.4 is 5.14 Å². The number of alkyl halides is 3. The third kappa shape index (κ3) is 5.03. The van der Waals surface area contributed by atoms with Crippen molar-refractivity contribution in [2.75, 3.05) is 0 Å². The molecule has 0 aliphatic rings. The first-order chi connectivity index (χ1) is 14.4. The van der Waals surface area contributed by atoms with Crippen LogP contribution in [-0.2, 0) is 22.6 Å². The number of nitrogens with two attached hydrogens (primary N) is 1. The maximum Gasteiger partial charge on any atom is 0.417 e. The summed E-state index contributed by atoms with van der Waals surface area (Å²) in [5, 5.41) is 5.15. The Bertz CT molecular complexity index is 1270. The molecular formula is C23H20F3NO3S. The minimum atomic E-state index is -4.49. The van der Waals surface area contributed by atoms with Crippen molar-refractivity contribution < 1.29 is 26.4 Å². The zero-order valence-electron chi connectivity index (χ0n) is 16.8. The summed E-state index contributed by atoms with van der Waals surface area (Å²) in [5.74, 6) is -0.226. The number of primary sulfonamides is 1. The van der Waals surface area contributed by atoms with Crippen LogP contribution in [0.1, 0.15) is 32.6 Å².